The first-order chi connectivity index (χ1) is 11.9. The third kappa shape index (κ3) is 3.58. The van der Waals surface area contributed by atoms with Crippen molar-refractivity contribution in [1.82, 2.24) is 14.7 Å². The summed E-state index contributed by atoms with van der Waals surface area (Å²) in [5.41, 5.74) is 2.22. The average Bonchev–Trinajstić information content (AvgIpc) is 3.11. The lowest BCUT2D eigenvalue weighted by Crippen LogP contribution is -2.32. The van der Waals surface area contributed by atoms with Crippen LogP contribution in [-0.4, -0.2) is 38.3 Å². The second-order valence-electron chi connectivity index (χ2n) is 7.13. The lowest BCUT2D eigenvalue weighted by atomic mass is 10.0. The number of aliphatic hydroxyl groups excluding tert-OH is 1. The molecule has 0 unspecified atom stereocenters. The number of aromatic nitrogens is 2. The predicted octanol–water partition coefficient (Wildman–Crippen LogP) is 2.93. The van der Waals surface area contributed by atoms with E-state index in [1.807, 2.05) is 11.6 Å². The first-order valence-electron chi connectivity index (χ1n) is 8.63. The van der Waals surface area contributed by atoms with Gasteiger partial charge in [-0.3, -0.25) is 9.48 Å². The third-order valence-corrected chi connectivity index (χ3v) is 4.67. The second-order valence-corrected chi connectivity index (χ2v) is 7.13. The number of amides is 1. The molecular weight excluding hydrogens is 321 g/mol. The molecule has 2 aromatic rings. The molecule has 1 saturated heterocycles. The van der Waals surface area contributed by atoms with E-state index >= 15 is 0 Å². The Balaban J connectivity index is 1.87. The fourth-order valence-electron chi connectivity index (χ4n) is 3.38. The first kappa shape index (κ1) is 17.6. The van der Waals surface area contributed by atoms with Crippen molar-refractivity contribution in [2.24, 2.45) is 5.92 Å². The largest absolute Gasteiger partial charge is 0.391 e. The lowest BCUT2D eigenvalue weighted by molar-refractivity contribution is 0.0715. The van der Waals surface area contributed by atoms with Crippen LogP contribution in [0.25, 0.3) is 0 Å². The minimum atomic E-state index is -0.579. The maximum absolute atomic E-state index is 13.2. The van der Waals surface area contributed by atoms with Gasteiger partial charge in [0.25, 0.3) is 5.91 Å². The van der Waals surface area contributed by atoms with Crippen molar-refractivity contribution in [3.05, 3.63) is 53.1 Å². The monoisotopic (exact) mass is 345 g/mol. The number of likely N-dealkylation sites (tertiary alicyclic amines) is 1. The molecule has 1 amide bonds. The molecule has 1 fully saturated rings. The minimum absolute atomic E-state index is 0.140. The van der Waals surface area contributed by atoms with Gasteiger partial charge in [0.15, 0.2) is 0 Å². The maximum atomic E-state index is 13.2. The van der Waals surface area contributed by atoms with Crippen molar-refractivity contribution in [1.29, 1.82) is 0 Å². The molecular formula is C19H24FN3O2. The van der Waals surface area contributed by atoms with Crippen molar-refractivity contribution >= 4 is 5.91 Å². The molecule has 5 nitrogen and oxygen atoms in total. The van der Waals surface area contributed by atoms with Crippen LogP contribution in [0.15, 0.2) is 30.5 Å². The molecule has 6 heteroatoms. The van der Waals surface area contributed by atoms with E-state index in [9.17, 15) is 14.3 Å². The molecule has 2 heterocycles. The molecule has 25 heavy (non-hydrogen) atoms. The molecule has 1 aromatic heterocycles. The Morgan fingerprint density at radius 3 is 2.68 bits per heavy atom. The summed E-state index contributed by atoms with van der Waals surface area (Å²) in [6.07, 6.45) is 1.48. The number of aliphatic hydroxyl groups is 1. The molecule has 0 radical (unpaired) electrons. The Bertz CT molecular complexity index is 755. The van der Waals surface area contributed by atoms with Gasteiger partial charge in [-0.2, -0.15) is 5.10 Å². The number of halogens is 1. The third-order valence-electron chi connectivity index (χ3n) is 4.67. The summed E-state index contributed by atoms with van der Waals surface area (Å²) in [7, 11) is 0. The summed E-state index contributed by atoms with van der Waals surface area (Å²) in [6.45, 7) is 7.12. The number of carbonyl (C=O) groups excluding carboxylic acids is 1. The predicted molar refractivity (Wildman–Crippen MR) is 92.6 cm³/mol. The van der Waals surface area contributed by atoms with Gasteiger partial charge in [-0.15, -0.1) is 0 Å². The van der Waals surface area contributed by atoms with Crippen LogP contribution < -0.4 is 0 Å². The molecule has 0 saturated carbocycles. The smallest absolute Gasteiger partial charge is 0.257 e. The van der Waals surface area contributed by atoms with Crippen LogP contribution >= 0.6 is 0 Å². The van der Waals surface area contributed by atoms with E-state index in [2.05, 4.69) is 18.9 Å². The van der Waals surface area contributed by atoms with E-state index in [0.717, 1.165) is 17.8 Å². The van der Waals surface area contributed by atoms with Gasteiger partial charge in [0, 0.05) is 18.8 Å². The van der Waals surface area contributed by atoms with E-state index < -0.39 is 6.10 Å². The van der Waals surface area contributed by atoms with Gasteiger partial charge in [0.2, 0.25) is 0 Å². The Hall–Kier alpha value is -2.21. The standard InChI is InChI=1S/C19H24FN3O2/c1-12(2)10-23-13(3)17(9-21-23)19(25)22-11-16(24)8-18(22)14-4-6-15(20)7-5-14/h4-7,9,12,16,18,24H,8,10-11H2,1-3H3/t16-,18+/m1/s1. The normalized spacial score (nSPS) is 20.5. The Morgan fingerprint density at radius 1 is 1.36 bits per heavy atom. The number of benzene rings is 1. The van der Waals surface area contributed by atoms with Crippen LogP contribution in [0.1, 0.15) is 47.9 Å². The SMILES string of the molecule is Cc1c(C(=O)N2C[C@H](O)C[C@H]2c2ccc(F)cc2)cnn1CC(C)C. The molecule has 134 valence electrons. The van der Waals surface area contributed by atoms with Gasteiger partial charge in [-0.1, -0.05) is 26.0 Å². The van der Waals surface area contributed by atoms with Crippen molar-refractivity contribution in [2.75, 3.05) is 6.54 Å². The van der Waals surface area contributed by atoms with E-state index in [0.29, 0.717) is 17.9 Å². The van der Waals surface area contributed by atoms with E-state index in [1.54, 1.807) is 23.2 Å². The van der Waals surface area contributed by atoms with Gasteiger partial charge in [0.05, 0.1) is 23.9 Å². The van der Waals surface area contributed by atoms with Crippen LogP contribution in [-0.2, 0) is 6.54 Å². The van der Waals surface area contributed by atoms with Crippen LogP contribution in [0.5, 0.6) is 0 Å². The van der Waals surface area contributed by atoms with Crippen molar-refractivity contribution in [3.63, 3.8) is 0 Å². The molecule has 1 aliphatic heterocycles. The Labute approximate surface area is 147 Å². The number of β-amino-alcohol motifs (C(OH)–C–C–N with tert-alkyl or cyclic N) is 1. The topological polar surface area (TPSA) is 58.4 Å². The van der Waals surface area contributed by atoms with Crippen molar-refractivity contribution < 1.29 is 14.3 Å². The molecule has 1 aromatic carbocycles. The first-order valence-corrected chi connectivity index (χ1v) is 8.63. The molecule has 0 bridgehead atoms. The van der Waals surface area contributed by atoms with E-state index in [-0.39, 0.29) is 24.3 Å². The molecule has 1 N–H and O–H groups in total. The van der Waals surface area contributed by atoms with Crippen LogP contribution in [0.4, 0.5) is 4.39 Å². The number of carbonyl (C=O) groups is 1. The quantitative estimate of drug-likeness (QED) is 0.927. The molecule has 0 aliphatic carbocycles. The fourth-order valence-corrected chi connectivity index (χ4v) is 3.38. The summed E-state index contributed by atoms with van der Waals surface area (Å²) >= 11 is 0. The Morgan fingerprint density at radius 2 is 2.04 bits per heavy atom. The van der Waals surface area contributed by atoms with Gasteiger partial charge in [-0.05, 0) is 37.0 Å². The van der Waals surface area contributed by atoms with Crippen LogP contribution in [0.2, 0.25) is 0 Å². The number of hydrogen-bond acceptors (Lipinski definition) is 3. The zero-order valence-electron chi connectivity index (χ0n) is 14.8. The van der Waals surface area contributed by atoms with E-state index in [4.69, 9.17) is 0 Å². The van der Waals surface area contributed by atoms with Gasteiger partial charge < -0.3 is 10.0 Å². The summed E-state index contributed by atoms with van der Waals surface area (Å²) in [4.78, 5) is 14.7. The number of rotatable bonds is 4. The van der Waals surface area contributed by atoms with Crippen LogP contribution in [0, 0.1) is 18.7 Å². The van der Waals surface area contributed by atoms with Crippen molar-refractivity contribution in [2.45, 2.75) is 45.9 Å². The van der Waals surface area contributed by atoms with Gasteiger partial charge in [-0.25, -0.2) is 4.39 Å². The summed E-state index contributed by atoms with van der Waals surface area (Å²) in [5, 5.41) is 14.4. The maximum Gasteiger partial charge on any atom is 0.257 e. The summed E-state index contributed by atoms with van der Waals surface area (Å²) in [6, 6.07) is 5.86. The minimum Gasteiger partial charge on any atom is -0.391 e. The summed E-state index contributed by atoms with van der Waals surface area (Å²) in [5.74, 6) is -0.0218. The average molecular weight is 345 g/mol. The number of hydrogen-bond donors (Lipinski definition) is 1. The number of nitrogens with zero attached hydrogens (tertiary/aromatic N) is 3. The molecule has 1 aliphatic rings. The fraction of sp³-hybridized carbons (Fsp3) is 0.474. The Kier molecular flexibility index (Phi) is 4.90. The highest BCUT2D eigenvalue weighted by atomic mass is 19.1. The highest BCUT2D eigenvalue weighted by Crippen LogP contribution is 2.33. The van der Waals surface area contributed by atoms with Gasteiger partial charge >= 0.3 is 0 Å². The highest BCUT2D eigenvalue weighted by molar-refractivity contribution is 5.95. The van der Waals surface area contributed by atoms with Crippen molar-refractivity contribution in [3.8, 4) is 0 Å². The zero-order valence-corrected chi connectivity index (χ0v) is 14.8. The van der Waals surface area contributed by atoms with E-state index in [1.165, 1.54) is 12.1 Å². The second kappa shape index (κ2) is 6.96. The summed E-state index contributed by atoms with van der Waals surface area (Å²) < 4.78 is 15.0. The lowest BCUT2D eigenvalue weighted by Gasteiger charge is -2.24. The van der Waals surface area contributed by atoms with Crippen LogP contribution in [0.3, 0.4) is 0 Å². The zero-order chi connectivity index (χ0) is 18.1. The molecule has 2 atom stereocenters. The molecule has 0 spiro atoms. The highest BCUT2D eigenvalue weighted by Gasteiger charge is 2.36. The van der Waals surface area contributed by atoms with Gasteiger partial charge in [0.1, 0.15) is 5.82 Å². The molecule has 3 rings (SSSR count).